The Bertz CT molecular complexity index is 557. The van der Waals surface area contributed by atoms with Crippen LogP contribution in [0.3, 0.4) is 0 Å². The molecular formula is C13H14O2S. The van der Waals surface area contributed by atoms with Gasteiger partial charge in [-0.15, -0.1) is 0 Å². The summed E-state index contributed by atoms with van der Waals surface area (Å²) in [6, 6.07) is 7.79. The molecule has 0 unspecified atom stereocenters. The van der Waals surface area contributed by atoms with Crippen molar-refractivity contribution in [3.8, 4) is 5.75 Å². The van der Waals surface area contributed by atoms with E-state index in [0.29, 0.717) is 4.71 Å². The summed E-state index contributed by atoms with van der Waals surface area (Å²) in [4.78, 5) is 0. The van der Waals surface area contributed by atoms with Crippen LogP contribution in [0.1, 0.15) is 18.9 Å². The Kier molecular flexibility index (Phi) is 3.25. The first-order chi connectivity index (χ1) is 7.74. The molecule has 0 bridgehead atoms. The minimum atomic E-state index is 0.532. The summed E-state index contributed by atoms with van der Waals surface area (Å²) in [6.45, 7) is 2.16. The standard InChI is InChI=1S/C13H14O2S/c1-3-4-9-7-13(16)15-12-8-10(14-2)5-6-11(9)12/h5-8H,3-4H2,1-2H3. The highest BCUT2D eigenvalue weighted by atomic mass is 32.1. The van der Waals surface area contributed by atoms with E-state index in [2.05, 4.69) is 6.92 Å². The van der Waals surface area contributed by atoms with E-state index in [4.69, 9.17) is 21.4 Å². The Morgan fingerprint density at radius 2 is 2.12 bits per heavy atom. The van der Waals surface area contributed by atoms with Gasteiger partial charge in [0, 0.05) is 11.5 Å². The highest BCUT2D eigenvalue weighted by molar-refractivity contribution is 7.71. The molecule has 0 N–H and O–H groups in total. The van der Waals surface area contributed by atoms with Gasteiger partial charge < -0.3 is 9.15 Å². The third-order valence-electron chi connectivity index (χ3n) is 2.56. The molecule has 0 saturated heterocycles. The average Bonchev–Trinajstić information content (AvgIpc) is 2.28. The van der Waals surface area contributed by atoms with Gasteiger partial charge in [0.1, 0.15) is 11.3 Å². The Balaban J connectivity index is 2.68. The van der Waals surface area contributed by atoms with Gasteiger partial charge in [-0.05, 0) is 42.4 Å². The van der Waals surface area contributed by atoms with Gasteiger partial charge in [-0.25, -0.2) is 0 Å². The van der Waals surface area contributed by atoms with Crippen molar-refractivity contribution in [1.29, 1.82) is 0 Å². The van der Waals surface area contributed by atoms with E-state index in [9.17, 15) is 0 Å². The van der Waals surface area contributed by atoms with Gasteiger partial charge in [0.15, 0.2) is 4.71 Å². The van der Waals surface area contributed by atoms with Crippen molar-refractivity contribution in [2.75, 3.05) is 7.11 Å². The van der Waals surface area contributed by atoms with Crippen molar-refractivity contribution in [2.45, 2.75) is 19.8 Å². The molecule has 16 heavy (non-hydrogen) atoms. The molecule has 0 radical (unpaired) electrons. The number of fused-ring (bicyclic) bond motifs is 1. The van der Waals surface area contributed by atoms with E-state index < -0.39 is 0 Å². The van der Waals surface area contributed by atoms with Gasteiger partial charge in [0.25, 0.3) is 0 Å². The Labute approximate surface area is 99.8 Å². The number of methoxy groups -OCH3 is 1. The van der Waals surface area contributed by atoms with Crippen LogP contribution in [0, 0.1) is 4.71 Å². The molecular weight excluding hydrogens is 220 g/mol. The number of aryl methyl sites for hydroxylation is 1. The van der Waals surface area contributed by atoms with Gasteiger partial charge in [-0.1, -0.05) is 13.3 Å². The first-order valence-electron chi connectivity index (χ1n) is 5.35. The third kappa shape index (κ3) is 2.09. The lowest BCUT2D eigenvalue weighted by Crippen LogP contribution is -1.88. The molecule has 0 atom stereocenters. The third-order valence-corrected chi connectivity index (χ3v) is 2.76. The molecule has 3 heteroatoms. The van der Waals surface area contributed by atoms with Gasteiger partial charge in [-0.2, -0.15) is 0 Å². The lowest BCUT2D eigenvalue weighted by molar-refractivity contribution is 0.414. The molecule has 0 spiro atoms. The van der Waals surface area contributed by atoms with Gasteiger partial charge >= 0.3 is 0 Å². The molecule has 1 aromatic carbocycles. The maximum absolute atomic E-state index is 5.53. The first-order valence-corrected chi connectivity index (χ1v) is 5.76. The Morgan fingerprint density at radius 1 is 1.31 bits per heavy atom. The van der Waals surface area contributed by atoms with Crippen molar-refractivity contribution in [3.63, 3.8) is 0 Å². The quantitative estimate of drug-likeness (QED) is 0.746. The lowest BCUT2D eigenvalue weighted by atomic mass is 10.1. The van der Waals surface area contributed by atoms with Crippen LogP contribution in [0.25, 0.3) is 11.0 Å². The van der Waals surface area contributed by atoms with Crippen LogP contribution in [-0.4, -0.2) is 7.11 Å². The predicted octanol–water partition coefficient (Wildman–Crippen LogP) is 4.12. The van der Waals surface area contributed by atoms with E-state index in [-0.39, 0.29) is 0 Å². The summed E-state index contributed by atoms with van der Waals surface area (Å²) >= 11 is 5.11. The zero-order valence-corrected chi connectivity index (χ0v) is 10.3. The molecule has 84 valence electrons. The van der Waals surface area contributed by atoms with E-state index in [1.54, 1.807) is 7.11 Å². The van der Waals surface area contributed by atoms with Crippen molar-refractivity contribution >= 4 is 23.2 Å². The van der Waals surface area contributed by atoms with Crippen molar-refractivity contribution in [3.05, 3.63) is 34.5 Å². The van der Waals surface area contributed by atoms with E-state index >= 15 is 0 Å². The van der Waals surface area contributed by atoms with Crippen LogP contribution < -0.4 is 4.74 Å². The smallest absolute Gasteiger partial charge is 0.191 e. The van der Waals surface area contributed by atoms with Crippen molar-refractivity contribution < 1.29 is 9.15 Å². The summed E-state index contributed by atoms with van der Waals surface area (Å²) in [5, 5.41) is 1.12. The number of rotatable bonds is 3. The molecule has 2 rings (SSSR count). The number of hydrogen-bond donors (Lipinski definition) is 0. The monoisotopic (exact) mass is 234 g/mol. The first kappa shape index (κ1) is 11.1. The second-order valence-corrected chi connectivity index (χ2v) is 4.11. The Hall–Kier alpha value is -1.35. The Morgan fingerprint density at radius 3 is 2.81 bits per heavy atom. The molecule has 0 aliphatic rings. The van der Waals surface area contributed by atoms with Crippen LogP contribution in [0.4, 0.5) is 0 Å². The summed E-state index contributed by atoms with van der Waals surface area (Å²) in [6.07, 6.45) is 2.11. The molecule has 0 aliphatic heterocycles. The number of ether oxygens (including phenoxy) is 1. The van der Waals surface area contributed by atoms with E-state index in [1.807, 2.05) is 24.3 Å². The molecule has 0 fully saturated rings. The number of benzene rings is 1. The fourth-order valence-corrected chi connectivity index (χ4v) is 2.05. The maximum Gasteiger partial charge on any atom is 0.191 e. The topological polar surface area (TPSA) is 22.4 Å². The second-order valence-electron chi connectivity index (χ2n) is 3.70. The van der Waals surface area contributed by atoms with Gasteiger partial charge in [0.2, 0.25) is 0 Å². The molecule has 1 heterocycles. The summed E-state index contributed by atoms with van der Waals surface area (Å²) in [5.41, 5.74) is 2.05. The van der Waals surface area contributed by atoms with Crippen LogP contribution in [0.2, 0.25) is 0 Å². The summed E-state index contributed by atoms with van der Waals surface area (Å²) in [7, 11) is 1.64. The normalized spacial score (nSPS) is 10.6. The molecule has 0 saturated carbocycles. The zero-order valence-electron chi connectivity index (χ0n) is 9.45. The van der Waals surface area contributed by atoms with Crippen LogP contribution >= 0.6 is 12.2 Å². The second kappa shape index (κ2) is 4.66. The zero-order chi connectivity index (χ0) is 11.5. The van der Waals surface area contributed by atoms with Crippen molar-refractivity contribution in [2.24, 2.45) is 0 Å². The molecule has 2 nitrogen and oxygen atoms in total. The van der Waals surface area contributed by atoms with E-state index in [0.717, 1.165) is 29.6 Å². The number of hydrogen-bond acceptors (Lipinski definition) is 3. The van der Waals surface area contributed by atoms with Gasteiger partial charge in [-0.3, -0.25) is 0 Å². The highest BCUT2D eigenvalue weighted by Gasteiger charge is 2.04. The molecule has 0 amide bonds. The van der Waals surface area contributed by atoms with Crippen LogP contribution in [-0.2, 0) is 6.42 Å². The SMILES string of the molecule is CCCc1cc(=S)oc2cc(OC)ccc12. The largest absolute Gasteiger partial charge is 0.497 e. The van der Waals surface area contributed by atoms with Crippen LogP contribution in [0.5, 0.6) is 5.75 Å². The minimum Gasteiger partial charge on any atom is -0.497 e. The van der Waals surface area contributed by atoms with Crippen LogP contribution in [0.15, 0.2) is 28.7 Å². The summed E-state index contributed by atoms with van der Waals surface area (Å²) < 4.78 is 11.2. The fraction of sp³-hybridized carbons (Fsp3) is 0.308. The molecule has 0 aliphatic carbocycles. The van der Waals surface area contributed by atoms with E-state index in [1.165, 1.54) is 5.56 Å². The van der Waals surface area contributed by atoms with Crippen molar-refractivity contribution in [1.82, 2.24) is 0 Å². The minimum absolute atomic E-state index is 0.532. The highest BCUT2D eigenvalue weighted by Crippen LogP contribution is 2.25. The molecule has 1 aromatic heterocycles. The summed E-state index contributed by atoms with van der Waals surface area (Å²) in [5.74, 6) is 0.791. The van der Waals surface area contributed by atoms with Gasteiger partial charge in [0.05, 0.1) is 7.11 Å². The maximum atomic E-state index is 5.53. The molecule has 2 aromatic rings. The fourth-order valence-electron chi connectivity index (χ4n) is 1.81. The predicted molar refractivity (Wildman–Crippen MR) is 67.6 cm³/mol. The average molecular weight is 234 g/mol. The lowest BCUT2D eigenvalue weighted by Gasteiger charge is -2.06.